The first-order chi connectivity index (χ1) is 15.1. The number of nitrogens with zero attached hydrogens (tertiary/aromatic N) is 1. The highest BCUT2D eigenvalue weighted by Crippen LogP contribution is 2.40. The lowest BCUT2D eigenvalue weighted by Crippen LogP contribution is -2.57. The number of sulfonamides is 1. The van der Waals surface area contributed by atoms with Gasteiger partial charge in [0, 0.05) is 24.2 Å². The van der Waals surface area contributed by atoms with Gasteiger partial charge in [0.15, 0.2) is 11.6 Å². The smallest absolute Gasteiger partial charge is 0.243 e. The number of benzene rings is 1. The van der Waals surface area contributed by atoms with Crippen LogP contribution in [0.15, 0.2) is 12.1 Å². The Bertz CT molecular complexity index is 975. The molecule has 4 rings (SSSR count). The molecule has 1 aliphatic carbocycles. The highest BCUT2D eigenvalue weighted by Gasteiger charge is 2.47. The average molecular weight is 476 g/mol. The highest BCUT2D eigenvalue weighted by atomic mass is 32.2. The highest BCUT2D eigenvalue weighted by molar-refractivity contribution is 7.90. The molecule has 3 fully saturated rings. The first-order valence-corrected chi connectivity index (χ1v) is 12.5. The minimum Gasteiger partial charge on any atom is -0.394 e. The Morgan fingerprint density at radius 3 is 2.25 bits per heavy atom. The normalized spacial score (nSPS) is 27.4. The number of carbonyl (C=O) groups excluding carboxylic acids is 1. The molecule has 0 radical (unpaired) electrons. The standard InChI is InChI=1S/C21H28F3N3O4S/c22-16-9-18(24)17(23)7-11(16)8-19(25)12-5-13-1-2-14(6-12)27(13)21(29)20(10-28)26-32(30,31)15-3-4-15/h7,9,12-15,19-20,26,28H,1-6,8,10,25H2/t12?,13-,14?,19+,20?/m0/s1. The SMILES string of the molecule is N[C@H](Cc1cc(F)c(F)cc1F)C1CC2CC[C@@H](C1)N2C(=O)C(CO)NS(=O)(=O)C1CC1. The predicted octanol–water partition coefficient (Wildman–Crippen LogP) is 1.19. The Balaban J connectivity index is 1.41. The molecule has 1 aromatic carbocycles. The zero-order chi connectivity index (χ0) is 23.2. The van der Waals surface area contributed by atoms with Crippen molar-refractivity contribution in [2.75, 3.05) is 6.61 Å². The van der Waals surface area contributed by atoms with Gasteiger partial charge in [-0.25, -0.2) is 26.3 Å². The number of halogens is 3. The lowest BCUT2D eigenvalue weighted by molar-refractivity contribution is -0.139. The lowest BCUT2D eigenvalue weighted by Gasteiger charge is -2.42. The molecule has 3 aliphatic rings. The van der Waals surface area contributed by atoms with Gasteiger partial charge in [0.05, 0.1) is 11.9 Å². The third-order valence-corrected chi connectivity index (χ3v) is 8.89. The van der Waals surface area contributed by atoms with Crippen LogP contribution in [0.5, 0.6) is 0 Å². The van der Waals surface area contributed by atoms with Crippen molar-refractivity contribution < 1.29 is 31.5 Å². The van der Waals surface area contributed by atoms with Crippen LogP contribution in [0.3, 0.4) is 0 Å². The van der Waals surface area contributed by atoms with Gasteiger partial charge >= 0.3 is 0 Å². The second kappa shape index (κ2) is 8.92. The summed E-state index contributed by atoms with van der Waals surface area (Å²) in [5.41, 5.74) is 6.31. The molecule has 4 N–H and O–H groups in total. The van der Waals surface area contributed by atoms with Crippen molar-refractivity contribution in [2.45, 2.75) is 74.4 Å². The van der Waals surface area contributed by atoms with Crippen LogP contribution >= 0.6 is 0 Å². The summed E-state index contributed by atoms with van der Waals surface area (Å²) in [5.74, 6) is -3.72. The molecule has 2 bridgehead atoms. The van der Waals surface area contributed by atoms with E-state index in [2.05, 4.69) is 4.72 Å². The molecule has 2 aliphatic heterocycles. The van der Waals surface area contributed by atoms with Gasteiger partial charge in [-0.2, -0.15) is 0 Å². The monoisotopic (exact) mass is 475 g/mol. The molecular weight excluding hydrogens is 447 g/mol. The molecule has 178 valence electrons. The van der Waals surface area contributed by atoms with Gasteiger partial charge in [0.1, 0.15) is 11.9 Å². The van der Waals surface area contributed by atoms with Crippen LogP contribution in [0.4, 0.5) is 13.2 Å². The van der Waals surface area contributed by atoms with Gasteiger partial charge in [-0.05, 0) is 62.5 Å². The van der Waals surface area contributed by atoms with Gasteiger partial charge in [-0.1, -0.05) is 0 Å². The molecular formula is C21H28F3N3O4S. The first kappa shape index (κ1) is 23.5. The van der Waals surface area contributed by atoms with Crippen molar-refractivity contribution in [3.63, 3.8) is 0 Å². The summed E-state index contributed by atoms with van der Waals surface area (Å²) >= 11 is 0. The molecule has 1 amide bonds. The van der Waals surface area contributed by atoms with Crippen LogP contribution in [-0.4, -0.2) is 60.4 Å². The molecule has 32 heavy (non-hydrogen) atoms. The Hall–Kier alpha value is -1.69. The number of amides is 1. The van der Waals surface area contributed by atoms with Gasteiger partial charge in [0.2, 0.25) is 15.9 Å². The van der Waals surface area contributed by atoms with E-state index in [0.29, 0.717) is 31.7 Å². The summed E-state index contributed by atoms with van der Waals surface area (Å²) in [4.78, 5) is 14.7. The maximum absolute atomic E-state index is 14.0. The fourth-order valence-electron chi connectivity index (χ4n) is 5.09. The summed E-state index contributed by atoms with van der Waals surface area (Å²) in [6.45, 7) is -0.626. The van der Waals surface area contributed by atoms with E-state index >= 15 is 0 Å². The van der Waals surface area contributed by atoms with Gasteiger partial charge in [0.25, 0.3) is 0 Å². The minimum atomic E-state index is -3.64. The van der Waals surface area contributed by atoms with E-state index in [-0.39, 0.29) is 30.0 Å². The predicted molar refractivity (Wildman–Crippen MR) is 110 cm³/mol. The number of fused-ring (bicyclic) bond motifs is 2. The van der Waals surface area contributed by atoms with Crippen LogP contribution in [-0.2, 0) is 21.2 Å². The largest absolute Gasteiger partial charge is 0.394 e. The zero-order valence-electron chi connectivity index (χ0n) is 17.5. The summed E-state index contributed by atoms with van der Waals surface area (Å²) in [6.07, 6.45) is 3.69. The van der Waals surface area contributed by atoms with Gasteiger partial charge in [-0.15, -0.1) is 0 Å². The molecule has 0 aromatic heterocycles. The van der Waals surface area contributed by atoms with E-state index < -0.39 is 57.3 Å². The molecule has 0 spiro atoms. The van der Waals surface area contributed by atoms with Gasteiger partial charge in [-0.3, -0.25) is 4.79 Å². The van der Waals surface area contributed by atoms with E-state index in [9.17, 15) is 31.5 Å². The molecule has 11 heteroatoms. The average Bonchev–Trinajstić information content (AvgIpc) is 3.56. The number of aliphatic hydroxyl groups excluding tert-OH is 1. The lowest BCUT2D eigenvalue weighted by atomic mass is 9.82. The Morgan fingerprint density at radius 2 is 1.69 bits per heavy atom. The maximum atomic E-state index is 14.0. The van der Waals surface area contributed by atoms with Crippen LogP contribution in [0.1, 0.15) is 44.1 Å². The molecule has 1 saturated carbocycles. The van der Waals surface area contributed by atoms with Crippen LogP contribution < -0.4 is 10.5 Å². The molecule has 7 nitrogen and oxygen atoms in total. The molecule has 2 heterocycles. The van der Waals surface area contributed by atoms with Crippen LogP contribution in [0, 0.1) is 23.4 Å². The molecule has 3 unspecified atom stereocenters. The van der Waals surface area contributed by atoms with Crippen LogP contribution in [0.25, 0.3) is 0 Å². The number of carbonyl (C=O) groups is 1. The Kier molecular flexibility index (Phi) is 6.54. The van der Waals surface area contributed by atoms with E-state index in [1.165, 1.54) is 0 Å². The van der Waals surface area contributed by atoms with E-state index in [1.54, 1.807) is 4.90 Å². The second-order valence-corrected chi connectivity index (χ2v) is 11.2. The number of rotatable bonds is 8. The quantitative estimate of drug-likeness (QED) is 0.489. The number of hydrogen-bond donors (Lipinski definition) is 3. The van der Waals surface area contributed by atoms with E-state index in [0.717, 1.165) is 18.9 Å². The first-order valence-electron chi connectivity index (χ1n) is 10.9. The third-order valence-electron chi connectivity index (χ3n) is 6.92. The number of hydrogen-bond acceptors (Lipinski definition) is 5. The summed E-state index contributed by atoms with van der Waals surface area (Å²) in [7, 11) is -3.64. The van der Waals surface area contributed by atoms with Crippen molar-refractivity contribution in [1.82, 2.24) is 9.62 Å². The van der Waals surface area contributed by atoms with Crippen molar-refractivity contribution in [3.8, 4) is 0 Å². The second-order valence-electron chi connectivity index (χ2n) is 9.19. The minimum absolute atomic E-state index is 0.0112. The Morgan fingerprint density at radius 1 is 1.09 bits per heavy atom. The maximum Gasteiger partial charge on any atom is 0.243 e. The van der Waals surface area contributed by atoms with Crippen molar-refractivity contribution in [2.24, 2.45) is 11.7 Å². The van der Waals surface area contributed by atoms with Gasteiger partial charge < -0.3 is 15.7 Å². The number of nitrogens with two attached hydrogens (primary N) is 1. The summed E-state index contributed by atoms with van der Waals surface area (Å²) in [6, 6.07) is -0.699. The van der Waals surface area contributed by atoms with Crippen LogP contribution in [0.2, 0.25) is 0 Å². The van der Waals surface area contributed by atoms with Crippen molar-refractivity contribution in [3.05, 3.63) is 35.1 Å². The van der Waals surface area contributed by atoms with Crippen molar-refractivity contribution in [1.29, 1.82) is 0 Å². The summed E-state index contributed by atoms with van der Waals surface area (Å²) in [5, 5.41) is 9.17. The molecule has 2 saturated heterocycles. The van der Waals surface area contributed by atoms with E-state index in [1.807, 2.05) is 0 Å². The topological polar surface area (TPSA) is 113 Å². The molecule has 1 aromatic rings. The fraction of sp³-hybridized carbons (Fsp3) is 0.667. The number of nitrogens with one attached hydrogen (secondary N) is 1. The Labute approximate surface area is 185 Å². The fourth-order valence-corrected chi connectivity index (χ4v) is 6.61. The number of piperidine rings is 1. The third kappa shape index (κ3) is 4.66. The van der Waals surface area contributed by atoms with Crippen molar-refractivity contribution >= 4 is 15.9 Å². The zero-order valence-corrected chi connectivity index (χ0v) is 18.3. The summed E-state index contributed by atoms with van der Waals surface area (Å²) < 4.78 is 67.5. The molecule has 5 atom stereocenters. The van der Waals surface area contributed by atoms with E-state index in [4.69, 9.17) is 5.73 Å². The number of aliphatic hydroxyl groups is 1.